The van der Waals surface area contributed by atoms with Gasteiger partial charge in [0.2, 0.25) is 0 Å². The first kappa shape index (κ1) is 21.8. The maximum absolute atomic E-state index is 12.6. The number of phenols is 1. The molecule has 1 aliphatic rings. The second-order valence-electron chi connectivity index (χ2n) is 8.35. The highest BCUT2D eigenvalue weighted by Crippen LogP contribution is 2.29. The van der Waals surface area contributed by atoms with Gasteiger partial charge < -0.3 is 20.6 Å². The van der Waals surface area contributed by atoms with E-state index in [0.717, 1.165) is 29.9 Å². The number of pyridine rings is 1. The van der Waals surface area contributed by atoms with E-state index in [-0.39, 0.29) is 17.7 Å². The molecule has 2 amide bonds. The van der Waals surface area contributed by atoms with Gasteiger partial charge in [0.15, 0.2) is 0 Å². The van der Waals surface area contributed by atoms with Gasteiger partial charge in [0, 0.05) is 61.6 Å². The van der Waals surface area contributed by atoms with Gasteiger partial charge in [0.1, 0.15) is 25.1 Å². The lowest BCUT2D eigenvalue weighted by Crippen LogP contribution is -2.40. The van der Waals surface area contributed by atoms with Crippen molar-refractivity contribution in [1.82, 2.24) is 24.5 Å². The lowest BCUT2D eigenvalue weighted by atomic mass is 9.93. The molecule has 0 spiro atoms. The van der Waals surface area contributed by atoms with Crippen molar-refractivity contribution in [3.63, 3.8) is 0 Å². The van der Waals surface area contributed by atoms with Gasteiger partial charge in [-0.3, -0.25) is 4.98 Å². The third-order valence-electron chi connectivity index (χ3n) is 6.03. The fourth-order valence-corrected chi connectivity index (χ4v) is 4.15. The van der Waals surface area contributed by atoms with E-state index < -0.39 is 0 Å². The summed E-state index contributed by atoms with van der Waals surface area (Å²) >= 11 is 0. The molecule has 10 heteroatoms. The Morgan fingerprint density at radius 1 is 1.15 bits per heavy atom. The van der Waals surface area contributed by atoms with Crippen LogP contribution in [-0.4, -0.2) is 56.6 Å². The van der Waals surface area contributed by atoms with Gasteiger partial charge in [0.05, 0.1) is 0 Å². The van der Waals surface area contributed by atoms with Crippen LogP contribution in [0.2, 0.25) is 0 Å². The first-order valence-electron chi connectivity index (χ1n) is 11.2. The average molecular weight is 453 g/mol. The molecular formula is C24H24BN7O2. The van der Waals surface area contributed by atoms with Crippen molar-refractivity contribution in [3.05, 3.63) is 72.3 Å². The number of fused-ring (bicyclic) bond motifs is 1. The summed E-state index contributed by atoms with van der Waals surface area (Å²) in [5.74, 6) is 1.18. The predicted octanol–water partition coefficient (Wildman–Crippen LogP) is 2.65. The van der Waals surface area contributed by atoms with E-state index in [9.17, 15) is 9.90 Å². The number of phenolic OH excluding ortho intramolecular Hbond substituents is 1. The summed E-state index contributed by atoms with van der Waals surface area (Å²) in [5, 5.41) is 20.1. The van der Waals surface area contributed by atoms with Crippen molar-refractivity contribution in [3.8, 4) is 5.75 Å². The molecule has 9 nitrogen and oxygen atoms in total. The lowest BCUT2D eigenvalue weighted by molar-refractivity contribution is 0.194. The highest BCUT2D eigenvalue weighted by molar-refractivity contribution is 6.36. The van der Waals surface area contributed by atoms with Gasteiger partial charge in [-0.25, -0.2) is 9.78 Å². The maximum Gasteiger partial charge on any atom is 0.321 e. The van der Waals surface area contributed by atoms with Crippen molar-refractivity contribution in [2.24, 2.45) is 0 Å². The van der Waals surface area contributed by atoms with Gasteiger partial charge in [0.25, 0.3) is 0 Å². The van der Waals surface area contributed by atoms with Crippen LogP contribution in [0, 0.1) is 0 Å². The van der Waals surface area contributed by atoms with Crippen molar-refractivity contribution >= 4 is 36.5 Å². The van der Waals surface area contributed by atoms with Crippen LogP contribution < -0.4 is 16.1 Å². The lowest BCUT2D eigenvalue weighted by Gasteiger charge is -2.32. The molecule has 5 rings (SSSR count). The van der Waals surface area contributed by atoms with Crippen LogP contribution in [-0.2, 0) is 6.54 Å². The summed E-state index contributed by atoms with van der Waals surface area (Å²) in [6.07, 6.45) is 6.77. The van der Waals surface area contributed by atoms with Gasteiger partial charge in [-0.2, -0.15) is 9.61 Å². The number of hydrogen-bond acceptors (Lipinski definition) is 6. The van der Waals surface area contributed by atoms with Gasteiger partial charge in [-0.05, 0) is 54.2 Å². The molecule has 4 heterocycles. The Morgan fingerprint density at radius 3 is 2.68 bits per heavy atom. The van der Waals surface area contributed by atoms with Crippen LogP contribution in [0.5, 0.6) is 5.75 Å². The zero-order chi connectivity index (χ0) is 23.5. The number of aromatic hydroxyl groups is 1. The highest BCUT2D eigenvalue weighted by atomic mass is 16.3. The summed E-state index contributed by atoms with van der Waals surface area (Å²) in [6, 6.07) is 12.2. The van der Waals surface area contributed by atoms with Crippen molar-refractivity contribution in [1.29, 1.82) is 0 Å². The second-order valence-corrected chi connectivity index (χ2v) is 8.35. The molecule has 1 aromatic carbocycles. The SMILES string of the molecule is [B]c1cnn2c(NCc3cccnc3)cc(C3CCN(C(=O)Nc4ccc(O)cc4)CC3)nc12. The molecule has 0 aliphatic carbocycles. The number of nitrogens with one attached hydrogen (secondary N) is 2. The Labute approximate surface area is 198 Å². The van der Waals surface area contributed by atoms with Gasteiger partial charge >= 0.3 is 6.03 Å². The summed E-state index contributed by atoms with van der Waals surface area (Å²) < 4.78 is 1.72. The smallest absolute Gasteiger partial charge is 0.321 e. The van der Waals surface area contributed by atoms with Gasteiger partial charge in [-0.15, -0.1) is 0 Å². The zero-order valence-electron chi connectivity index (χ0n) is 18.6. The van der Waals surface area contributed by atoms with E-state index in [4.69, 9.17) is 12.8 Å². The van der Waals surface area contributed by atoms with Crippen LogP contribution >= 0.6 is 0 Å². The molecule has 1 aliphatic heterocycles. The Kier molecular flexibility index (Phi) is 6.03. The fourth-order valence-electron chi connectivity index (χ4n) is 4.15. The normalized spacial score (nSPS) is 14.3. The van der Waals surface area contributed by atoms with E-state index in [1.165, 1.54) is 0 Å². The molecule has 170 valence electrons. The van der Waals surface area contributed by atoms with Crippen LogP contribution in [0.15, 0.2) is 61.1 Å². The first-order chi connectivity index (χ1) is 16.6. The minimum atomic E-state index is -0.147. The Morgan fingerprint density at radius 2 is 1.94 bits per heavy atom. The molecule has 3 N–H and O–H groups in total. The van der Waals surface area contributed by atoms with E-state index in [0.29, 0.717) is 36.4 Å². The number of nitrogens with zero attached hydrogens (tertiary/aromatic N) is 5. The first-order valence-corrected chi connectivity index (χ1v) is 11.2. The third kappa shape index (κ3) is 4.66. The molecule has 34 heavy (non-hydrogen) atoms. The number of aromatic nitrogens is 4. The van der Waals surface area contributed by atoms with E-state index in [1.807, 2.05) is 24.4 Å². The Hall–Kier alpha value is -4.08. The molecule has 1 saturated heterocycles. The van der Waals surface area contributed by atoms with E-state index >= 15 is 0 Å². The molecule has 0 unspecified atom stereocenters. The molecule has 1 fully saturated rings. The number of benzene rings is 1. The summed E-state index contributed by atoms with van der Waals surface area (Å²) in [6.45, 7) is 1.84. The number of rotatable bonds is 5. The summed E-state index contributed by atoms with van der Waals surface area (Å²) in [5.41, 5.74) is 3.79. The fraction of sp³-hybridized carbons (Fsp3) is 0.250. The molecule has 2 radical (unpaired) electrons. The number of hydrogen-bond donors (Lipinski definition) is 3. The average Bonchev–Trinajstić information content (AvgIpc) is 3.25. The quantitative estimate of drug-likeness (QED) is 0.317. The van der Waals surface area contributed by atoms with Crippen LogP contribution in [0.25, 0.3) is 5.65 Å². The Bertz CT molecular complexity index is 1290. The van der Waals surface area contributed by atoms with Crippen molar-refractivity contribution in [2.45, 2.75) is 25.3 Å². The molecule has 4 aromatic rings. The minimum Gasteiger partial charge on any atom is -0.508 e. The molecule has 0 saturated carbocycles. The number of anilines is 2. The molecular weight excluding hydrogens is 429 g/mol. The minimum absolute atomic E-state index is 0.147. The number of piperidine rings is 1. The van der Waals surface area contributed by atoms with Crippen LogP contribution in [0.1, 0.15) is 30.0 Å². The van der Waals surface area contributed by atoms with Crippen LogP contribution in [0.4, 0.5) is 16.3 Å². The number of carbonyl (C=O) groups is 1. The highest BCUT2D eigenvalue weighted by Gasteiger charge is 2.26. The standard InChI is InChI=1S/C24H24BN7O2/c25-20-15-28-32-22(27-14-16-2-1-9-26-13-16)12-21(30-23(20)32)17-7-10-31(11-8-17)24(34)29-18-3-5-19(33)6-4-18/h1-6,9,12-13,15,17,27,33H,7-8,10-11,14H2,(H,29,34). The largest absolute Gasteiger partial charge is 0.508 e. The number of carbonyl (C=O) groups excluding carboxylic acids is 1. The third-order valence-corrected chi connectivity index (χ3v) is 6.03. The predicted molar refractivity (Wildman–Crippen MR) is 131 cm³/mol. The molecule has 3 aromatic heterocycles. The zero-order valence-corrected chi connectivity index (χ0v) is 18.6. The summed E-state index contributed by atoms with van der Waals surface area (Å²) in [4.78, 5) is 23.4. The number of amides is 2. The van der Waals surface area contributed by atoms with E-state index in [2.05, 4.69) is 20.7 Å². The molecule has 0 bridgehead atoms. The van der Waals surface area contributed by atoms with Crippen molar-refractivity contribution < 1.29 is 9.90 Å². The van der Waals surface area contributed by atoms with Crippen LogP contribution in [0.3, 0.4) is 0 Å². The molecule has 0 atom stereocenters. The Balaban J connectivity index is 1.28. The topological polar surface area (TPSA) is 108 Å². The summed E-state index contributed by atoms with van der Waals surface area (Å²) in [7, 11) is 6.13. The second kappa shape index (κ2) is 9.42. The maximum atomic E-state index is 12.6. The monoisotopic (exact) mass is 453 g/mol. The number of urea groups is 1. The van der Waals surface area contributed by atoms with E-state index in [1.54, 1.807) is 46.1 Å². The number of likely N-dealkylation sites (tertiary alicyclic amines) is 1. The van der Waals surface area contributed by atoms with Gasteiger partial charge in [-0.1, -0.05) is 6.07 Å². The van der Waals surface area contributed by atoms with Crippen molar-refractivity contribution in [2.75, 3.05) is 23.7 Å².